The Hall–Kier alpha value is -2.58. The number of nitrogens with one attached hydrogen (secondary N) is 2. The molecule has 7 nitrogen and oxygen atoms in total. The topological polar surface area (TPSA) is 93.7 Å². The Morgan fingerprint density at radius 2 is 1.96 bits per heavy atom. The minimum absolute atomic E-state index is 0.000496. The van der Waals surface area contributed by atoms with Crippen LogP contribution in [0.2, 0.25) is 0 Å². The molecule has 1 amide bonds. The molecule has 0 spiro atoms. The smallest absolute Gasteiger partial charge is 0.265 e. The molecule has 0 unspecified atom stereocenters. The van der Waals surface area contributed by atoms with Gasteiger partial charge in [0.15, 0.2) is 6.10 Å². The molecule has 0 aromatic heterocycles. The Kier molecular flexibility index (Phi) is 4.53. The average Bonchev–Trinajstić information content (AvgIpc) is 3.34. The summed E-state index contributed by atoms with van der Waals surface area (Å²) in [4.78, 5) is 12.7. The van der Waals surface area contributed by atoms with Gasteiger partial charge in [-0.15, -0.1) is 0 Å². The summed E-state index contributed by atoms with van der Waals surface area (Å²) < 4.78 is 38.4. The lowest BCUT2D eigenvalue weighted by molar-refractivity contribution is -0.122. The summed E-state index contributed by atoms with van der Waals surface area (Å²) >= 11 is 0. The number of rotatable bonds is 6. The first-order valence-electron chi connectivity index (χ1n) is 8.72. The third-order valence-corrected chi connectivity index (χ3v) is 6.10. The molecule has 1 aliphatic carbocycles. The summed E-state index contributed by atoms with van der Waals surface area (Å²) in [6, 6.07) is 11.9. The first kappa shape index (κ1) is 17.8. The van der Waals surface area contributed by atoms with E-state index in [0.29, 0.717) is 23.6 Å². The van der Waals surface area contributed by atoms with E-state index in [4.69, 9.17) is 9.47 Å². The first-order chi connectivity index (χ1) is 13.0. The number of para-hydroxylation sites is 1. The van der Waals surface area contributed by atoms with Gasteiger partial charge in [-0.05, 0) is 42.7 Å². The van der Waals surface area contributed by atoms with Gasteiger partial charge in [-0.2, -0.15) is 0 Å². The molecule has 8 heteroatoms. The summed E-state index contributed by atoms with van der Waals surface area (Å²) in [5.74, 6) is 0.716. The van der Waals surface area contributed by atoms with E-state index >= 15 is 0 Å². The second kappa shape index (κ2) is 6.86. The molecular formula is C19H20N2O5S. The quantitative estimate of drug-likeness (QED) is 0.790. The van der Waals surface area contributed by atoms with Gasteiger partial charge in [0.25, 0.3) is 5.91 Å². The minimum atomic E-state index is -3.63. The van der Waals surface area contributed by atoms with Crippen LogP contribution in [0.25, 0.3) is 0 Å². The van der Waals surface area contributed by atoms with E-state index in [0.717, 1.165) is 18.4 Å². The highest BCUT2D eigenvalue weighted by Gasteiger charge is 2.31. The summed E-state index contributed by atoms with van der Waals surface area (Å²) in [6.45, 7) is 0. The Morgan fingerprint density at radius 1 is 1.19 bits per heavy atom. The highest BCUT2D eigenvalue weighted by Crippen LogP contribution is 2.32. The van der Waals surface area contributed by atoms with Crippen LogP contribution < -0.4 is 19.5 Å². The van der Waals surface area contributed by atoms with Crippen molar-refractivity contribution in [3.8, 4) is 11.5 Å². The van der Waals surface area contributed by atoms with Crippen LogP contribution in [0.5, 0.6) is 11.5 Å². The van der Waals surface area contributed by atoms with Crippen LogP contribution in [0.15, 0.2) is 47.4 Å². The molecule has 0 saturated heterocycles. The van der Waals surface area contributed by atoms with Crippen molar-refractivity contribution in [2.75, 3.05) is 12.4 Å². The standard InChI is InChI=1S/C19H20N2O5S/c1-25-17-9-8-14(27(23,24)21-13-6-7-13)11-15(17)20-19(22)18-10-12-4-2-3-5-16(12)26-18/h2-5,8-9,11,13,18,21H,6-7,10H2,1H3,(H,20,22)/t18-/m0/s1. The second-order valence-corrected chi connectivity index (χ2v) is 8.38. The van der Waals surface area contributed by atoms with Crippen molar-refractivity contribution in [3.05, 3.63) is 48.0 Å². The molecule has 1 heterocycles. The van der Waals surface area contributed by atoms with Crippen molar-refractivity contribution < 1.29 is 22.7 Å². The average molecular weight is 388 g/mol. The zero-order valence-electron chi connectivity index (χ0n) is 14.8. The van der Waals surface area contributed by atoms with Crippen LogP contribution >= 0.6 is 0 Å². The lowest BCUT2D eigenvalue weighted by atomic mass is 10.1. The number of sulfonamides is 1. The fraction of sp³-hybridized carbons (Fsp3) is 0.316. The van der Waals surface area contributed by atoms with Gasteiger partial charge in [0.05, 0.1) is 17.7 Å². The van der Waals surface area contributed by atoms with Gasteiger partial charge < -0.3 is 14.8 Å². The Bertz CT molecular complexity index is 960. The Labute approximate surface area is 157 Å². The van der Waals surface area contributed by atoms with Crippen molar-refractivity contribution in [3.63, 3.8) is 0 Å². The maximum atomic E-state index is 12.6. The predicted octanol–water partition coefficient (Wildman–Crippen LogP) is 2.08. The van der Waals surface area contributed by atoms with Gasteiger partial charge in [-0.1, -0.05) is 18.2 Å². The van der Waals surface area contributed by atoms with E-state index in [1.54, 1.807) is 0 Å². The van der Waals surface area contributed by atoms with Crippen LogP contribution in [0.4, 0.5) is 5.69 Å². The molecule has 27 heavy (non-hydrogen) atoms. The number of carbonyl (C=O) groups is 1. The largest absolute Gasteiger partial charge is 0.495 e. The number of methoxy groups -OCH3 is 1. The predicted molar refractivity (Wildman–Crippen MR) is 99.5 cm³/mol. The molecule has 4 rings (SSSR count). The molecule has 2 aliphatic rings. The van der Waals surface area contributed by atoms with Crippen LogP contribution in [-0.4, -0.2) is 33.6 Å². The van der Waals surface area contributed by atoms with Gasteiger partial charge in [-0.25, -0.2) is 13.1 Å². The molecule has 1 fully saturated rings. The summed E-state index contributed by atoms with van der Waals surface area (Å²) in [7, 11) is -2.17. The highest BCUT2D eigenvalue weighted by molar-refractivity contribution is 7.89. The minimum Gasteiger partial charge on any atom is -0.495 e. The maximum absolute atomic E-state index is 12.6. The van der Waals surface area contributed by atoms with Crippen molar-refractivity contribution in [2.24, 2.45) is 0 Å². The molecule has 2 aromatic carbocycles. The molecule has 2 N–H and O–H groups in total. The molecule has 1 atom stereocenters. The maximum Gasteiger partial charge on any atom is 0.265 e. The number of ether oxygens (including phenoxy) is 2. The van der Waals surface area contributed by atoms with Gasteiger partial charge in [0.2, 0.25) is 10.0 Å². The number of anilines is 1. The monoisotopic (exact) mass is 388 g/mol. The van der Waals surface area contributed by atoms with Crippen molar-refractivity contribution >= 4 is 21.6 Å². The van der Waals surface area contributed by atoms with E-state index in [1.807, 2.05) is 24.3 Å². The number of carbonyl (C=O) groups excluding carboxylic acids is 1. The second-order valence-electron chi connectivity index (χ2n) is 6.67. The number of fused-ring (bicyclic) bond motifs is 1. The van der Waals surface area contributed by atoms with Crippen molar-refractivity contribution in [1.29, 1.82) is 0 Å². The van der Waals surface area contributed by atoms with Gasteiger partial charge >= 0.3 is 0 Å². The molecule has 142 valence electrons. The molecule has 0 bridgehead atoms. The lowest BCUT2D eigenvalue weighted by Crippen LogP contribution is -2.31. The normalized spacial score (nSPS) is 18.5. The van der Waals surface area contributed by atoms with Gasteiger partial charge in [-0.3, -0.25) is 4.79 Å². The van der Waals surface area contributed by atoms with Crippen LogP contribution in [-0.2, 0) is 21.2 Å². The zero-order chi connectivity index (χ0) is 19.0. The number of hydrogen-bond donors (Lipinski definition) is 2. The molecule has 0 radical (unpaired) electrons. The van der Waals surface area contributed by atoms with Crippen molar-refractivity contribution in [1.82, 2.24) is 4.72 Å². The summed E-state index contributed by atoms with van der Waals surface area (Å²) in [6.07, 6.45) is 1.49. The van der Waals surface area contributed by atoms with Crippen LogP contribution in [0, 0.1) is 0 Å². The lowest BCUT2D eigenvalue weighted by Gasteiger charge is -2.15. The number of amides is 1. The Balaban J connectivity index is 1.54. The van der Waals surface area contributed by atoms with Gasteiger partial charge in [0, 0.05) is 12.5 Å². The fourth-order valence-electron chi connectivity index (χ4n) is 2.98. The van der Waals surface area contributed by atoms with E-state index in [2.05, 4.69) is 10.0 Å². The molecule has 2 aromatic rings. The highest BCUT2D eigenvalue weighted by atomic mass is 32.2. The Morgan fingerprint density at radius 3 is 2.67 bits per heavy atom. The van der Waals surface area contributed by atoms with E-state index in [9.17, 15) is 13.2 Å². The SMILES string of the molecule is COc1ccc(S(=O)(=O)NC2CC2)cc1NC(=O)[C@@H]1Cc2ccccc2O1. The summed E-state index contributed by atoms with van der Waals surface area (Å²) in [5, 5.41) is 2.74. The molecule has 1 aliphatic heterocycles. The number of hydrogen-bond acceptors (Lipinski definition) is 5. The van der Waals surface area contributed by atoms with E-state index in [-0.39, 0.29) is 16.8 Å². The first-order valence-corrected chi connectivity index (χ1v) is 10.2. The third kappa shape index (κ3) is 3.77. The van der Waals surface area contributed by atoms with Crippen LogP contribution in [0.3, 0.4) is 0 Å². The molecule has 1 saturated carbocycles. The van der Waals surface area contributed by atoms with E-state index < -0.39 is 16.1 Å². The third-order valence-electron chi connectivity index (χ3n) is 4.58. The molecular weight excluding hydrogens is 368 g/mol. The van der Waals surface area contributed by atoms with Crippen molar-refractivity contribution in [2.45, 2.75) is 36.3 Å². The van der Waals surface area contributed by atoms with E-state index in [1.165, 1.54) is 25.3 Å². The zero-order valence-corrected chi connectivity index (χ0v) is 15.6. The van der Waals surface area contributed by atoms with Crippen LogP contribution in [0.1, 0.15) is 18.4 Å². The van der Waals surface area contributed by atoms with Gasteiger partial charge in [0.1, 0.15) is 11.5 Å². The summed E-state index contributed by atoms with van der Waals surface area (Å²) in [5.41, 5.74) is 1.26. The number of benzene rings is 2. The fourth-order valence-corrected chi connectivity index (χ4v) is 4.31.